The number of likely N-dealkylation sites (tertiary alicyclic amines) is 1. The lowest BCUT2D eigenvalue weighted by Crippen LogP contribution is -2.40. The summed E-state index contributed by atoms with van der Waals surface area (Å²) in [5.41, 5.74) is 3.42. The zero-order valence-electron chi connectivity index (χ0n) is 14.7. The van der Waals surface area contributed by atoms with Crippen molar-refractivity contribution in [3.8, 4) is 11.1 Å². The first-order chi connectivity index (χ1) is 12.0. The smallest absolute Gasteiger partial charge is 0.253 e. The van der Waals surface area contributed by atoms with Gasteiger partial charge in [0.05, 0.1) is 5.56 Å². The van der Waals surface area contributed by atoms with Crippen LogP contribution in [0.15, 0.2) is 42.7 Å². The molecule has 3 rings (SSSR count). The first-order valence-corrected chi connectivity index (χ1v) is 8.24. The number of hydrogen-bond acceptors (Lipinski definition) is 4. The largest absolute Gasteiger partial charge is 0.378 e. The van der Waals surface area contributed by atoms with Crippen molar-refractivity contribution in [2.24, 2.45) is 0 Å². The lowest BCUT2D eigenvalue weighted by Gasteiger charge is -2.14. The van der Waals surface area contributed by atoms with E-state index in [1.807, 2.05) is 43.3 Å². The highest BCUT2D eigenvalue weighted by atomic mass is 16.2. The predicted molar refractivity (Wildman–Crippen MR) is 97.5 cm³/mol. The molecule has 0 bridgehead atoms. The molecule has 1 aliphatic rings. The Labute approximate surface area is 147 Å². The SMILES string of the molecule is CN1CCC(NC(=O)c2cncc(-c3ccc(N(C)C)cc3)c2)C1=O. The number of benzene rings is 1. The Morgan fingerprint density at radius 1 is 1.20 bits per heavy atom. The van der Waals surface area contributed by atoms with Crippen molar-refractivity contribution in [3.63, 3.8) is 0 Å². The number of anilines is 1. The number of amides is 2. The molecule has 1 saturated heterocycles. The van der Waals surface area contributed by atoms with E-state index < -0.39 is 6.04 Å². The maximum absolute atomic E-state index is 12.5. The Morgan fingerprint density at radius 3 is 2.52 bits per heavy atom. The van der Waals surface area contributed by atoms with Gasteiger partial charge >= 0.3 is 0 Å². The third kappa shape index (κ3) is 3.63. The Hall–Kier alpha value is -2.89. The van der Waals surface area contributed by atoms with Crippen LogP contribution in [0.2, 0.25) is 0 Å². The summed E-state index contributed by atoms with van der Waals surface area (Å²) < 4.78 is 0. The maximum Gasteiger partial charge on any atom is 0.253 e. The molecule has 1 fully saturated rings. The molecular formula is C19H22N4O2. The van der Waals surface area contributed by atoms with Gasteiger partial charge in [0.15, 0.2) is 0 Å². The van der Waals surface area contributed by atoms with Crippen LogP contribution in [0.4, 0.5) is 5.69 Å². The number of carbonyl (C=O) groups is 2. The zero-order valence-corrected chi connectivity index (χ0v) is 14.7. The topological polar surface area (TPSA) is 65.5 Å². The van der Waals surface area contributed by atoms with Gasteiger partial charge in [-0.25, -0.2) is 0 Å². The molecule has 1 N–H and O–H groups in total. The Kier molecular flexibility index (Phi) is 4.70. The van der Waals surface area contributed by atoms with Crippen LogP contribution in [-0.2, 0) is 4.79 Å². The van der Waals surface area contributed by atoms with Crippen LogP contribution in [0.3, 0.4) is 0 Å². The summed E-state index contributed by atoms with van der Waals surface area (Å²) in [5.74, 6) is -0.315. The highest BCUT2D eigenvalue weighted by molar-refractivity contribution is 5.98. The lowest BCUT2D eigenvalue weighted by atomic mass is 10.0. The minimum atomic E-state index is -0.444. The third-order valence-electron chi connectivity index (χ3n) is 4.45. The summed E-state index contributed by atoms with van der Waals surface area (Å²) in [6.45, 7) is 0.667. The van der Waals surface area contributed by atoms with E-state index >= 15 is 0 Å². The normalized spacial score (nSPS) is 16.8. The molecular weight excluding hydrogens is 316 g/mol. The van der Waals surface area contributed by atoms with Crippen molar-refractivity contribution >= 4 is 17.5 Å². The molecule has 1 unspecified atom stereocenters. The monoisotopic (exact) mass is 338 g/mol. The molecule has 2 amide bonds. The fraction of sp³-hybridized carbons (Fsp3) is 0.316. The molecule has 130 valence electrons. The van der Waals surface area contributed by atoms with E-state index in [4.69, 9.17) is 0 Å². The highest BCUT2D eigenvalue weighted by Gasteiger charge is 2.30. The second-order valence-corrected chi connectivity index (χ2v) is 6.48. The number of aromatic nitrogens is 1. The molecule has 2 aromatic rings. The third-order valence-corrected chi connectivity index (χ3v) is 4.45. The summed E-state index contributed by atoms with van der Waals surface area (Å²) in [6.07, 6.45) is 3.90. The fourth-order valence-electron chi connectivity index (χ4n) is 2.87. The lowest BCUT2D eigenvalue weighted by molar-refractivity contribution is -0.128. The van der Waals surface area contributed by atoms with Gasteiger partial charge in [0.1, 0.15) is 6.04 Å². The molecule has 0 spiro atoms. The summed E-state index contributed by atoms with van der Waals surface area (Å²) in [6, 6.07) is 9.41. The van der Waals surface area contributed by atoms with Gasteiger partial charge in [0, 0.05) is 51.3 Å². The number of nitrogens with zero attached hydrogens (tertiary/aromatic N) is 3. The van der Waals surface area contributed by atoms with Crippen LogP contribution in [0.5, 0.6) is 0 Å². The molecule has 1 aromatic heterocycles. The quantitative estimate of drug-likeness (QED) is 0.923. The van der Waals surface area contributed by atoms with Crippen LogP contribution in [0.25, 0.3) is 11.1 Å². The molecule has 6 heteroatoms. The van der Waals surface area contributed by atoms with E-state index in [1.54, 1.807) is 24.2 Å². The standard InChI is InChI=1S/C19H22N4O2/c1-22(2)16-6-4-13(5-7-16)14-10-15(12-20-11-14)18(24)21-17-8-9-23(3)19(17)25/h4-7,10-12,17H,8-9H2,1-3H3,(H,21,24). The van der Waals surface area contributed by atoms with E-state index in [0.29, 0.717) is 18.5 Å². The van der Waals surface area contributed by atoms with Gasteiger partial charge in [0.25, 0.3) is 5.91 Å². The summed E-state index contributed by atoms with van der Waals surface area (Å²) in [4.78, 5) is 32.2. The van der Waals surface area contributed by atoms with Gasteiger partial charge in [-0.05, 0) is 30.2 Å². The average Bonchev–Trinajstić information content (AvgIpc) is 2.94. The highest BCUT2D eigenvalue weighted by Crippen LogP contribution is 2.22. The summed E-state index contributed by atoms with van der Waals surface area (Å²) in [5, 5.41) is 2.80. The second kappa shape index (κ2) is 6.93. The van der Waals surface area contributed by atoms with Gasteiger partial charge in [-0.1, -0.05) is 12.1 Å². The Bertz CT molecular complexity index is 786. The molecule has 6 nitrogen and oxygen atoms in total. The number of carbonyl (C=O) groups excluding carboxylic acids is 2. The van der Waals surface area contributed by atoms with Crippen LogP contribution in [0.1, 0.15) is 16.8 Å². The molecule has 0 radical (unpaired) electrons. The molecule has 0 aliphatic carbocycles. The summed E-state index contributed by atoms with van der Waals surface area (Å²) in [7, 11) is 5.72. The summed E-state index contributed by atoms with van der Waals surface area (Å²) >= 11 is 0. The molecule has 1 atom stereocenters. The zero-order chi connectivity index (χ0) is 18.0. The average molecular weight is 338 g/mol. The molecule has 1 aliphatic heterocycles. The van der Waals surface area contributed by atoms with Crippen LogP contribution < -0.4 is 10.2 Å². The fourth-order valence-corrected chi connectivity index (χ4v) is 2.87. The van der Waals surface area contributed by atoms with Gasteiger partial charge < -0.3 is 15.1 Å². The van der Waals surface area contributed by atoms with Gasteiger partial charge in [0.2, 0.25) is 5.91 Å². The van der Waals surface area contributed by atoms with Crippen molar-refractivity contribution in [2.45, 2.75) is 12.5 Å². The molecule has 2 heterocycles. The first-order valence-electron chi connectivity index (χ1n) is 8.24. The van der Waals surface area contributed by atoms with E-state index in [-0.39, 0.29) is 11.8 Å². The van der Waals surface area contributed by atoms with E-state index in [2.05, 4.69) is 10.3 Å². The van der Waals surface area contributed by atoms with Crippen LogP contribution >= 0.6 is 0 Å². The van der Waals surface area contributed by atoms with Crippen LogP contribution in [-0.4, -0.2) is 55.4 Å². The number of likely N-dealkylation sites (N-methyl/N-ethyl adjacent to an activating group) is 1. The minimum absolute atomic E-state index is 0.0447. The predicted octanol–water partition coefficient (Wildman–Crippen LogP) is 1.78. The van der Waals surface area contributed by atoms with Gasteiger partial charge in [-0.3, -0.25) is 14.6 Å². The van der Waals surface area contributed by atoms with Crippen molar-refractivity contribution in [3.05, 3.63) is 48.3 Å². The second-order valence-electron chi connectivity index (χ2n) is 6.48. The number of hydrogen-bond donors (Lipinski definition) is 1. The maximum atomic E-state index is 12.5. The number of rotatable bonds is 4. The van der Waals surface area contributed by atoms with Gasteiger partial charge in [-0.2, -0.15) is 0 Å². The van der Waals surface area contributed by atoms with Gasteiger partial charge in [-0.15, -0.1) is 0 Å². The number of nitrogens with one attached hydrogen (secondary N) is 1. The van der Waals surface area contributed by atoms with E-state index in [1.165, 1.54) is 6.20 Å². The van der Waals surface area contributed by atoms with E-state index in [9.17, 15) is 9.59 Å². The van der Waals surface area contributed by atoms with Crippen molar-refractivity contribution in [1.82, 2.24) is 15.2 Å². The Balaban J connectivity index is 1.77. The molecule has 0 saturated carbocycles. The minimum Gasteiger partial charge on any atom is -0.378 e. The number of pyridine rings is 1. The molecule has 1 aromatic carbocycles. The molecule has 25 heavy (non-hydrogen) atoms. The van der Waals surface area contributed by atoms with Crippen molar-refractivity contribution < 1.29 is 9.59 Å². The van der Waals surface area contributed by atoms with E-state index in [0.717, 1.165) is 16.8 Å². The van der Waals surface area contributed by atoms with Crippen LogP contribution in [0, 0.1) is 0 Å². The Morgan fingerprint density at radius 2 is 1.92 bits per heavy atom. The first kappa shape index (κ1) is 17.0. The van der Waals surface area contributed by atoms with Crippen molar-refractivity contribution in [2.75, 3.05) is 32.6 Å². The van der Waals surface area contributed by atoms with Crippen molar-refractivity contribution in [1.29, 1.82) is 0 Å².